The smallest absolute Gasteiger partial charge is 0.265 e. The molecule has 2 aliphatic rings. The van der Waals surface area contributed by atoms with E-state index >= 15 is 0 Å². The fourth-order valence-electron chi connectivity index (χ4n) is 3.54. The average molecular weight is 450 g/mol. The minimum absolute atomic E-state index is 0.0655. The van der Waals surface area contributed by atoms with Gasteiger partial charge < -0.3 is 15.0 Å². The van der Waals surface area contributed by atoms with Gasteiger partial charge in [0.1, 0.15) is 5.75 Å². The maximum Gasteiger partial charge on any atom is 0.265 e. The summed E-state index contributed by atoms with van der Waals surface area (Å²) in [6.45, 7) is 4.89. The SMILES string of the molecule is CC[C@@H]1Oc2ccc(S(=O)(=O)N3CCN(C(=O)c4ccc(C)s4)CC3)cc2NC1=O. The van der Waals surface area contributed by atoms with Crippen molar-refractivity contribution in [1.29, 1.82) is 0 Å². The predicted octanol–water partition coefficient (Wildman–Crippen LogP) is 2.31. The molecule has 8 nitrogen and oxygen atoms in total. The van der Waals surface area contributed by atoms with Crippen LogP contribution in [-0.2, 0) is 14.8 Å². The highest BCUT2D eigenvalue weighted by Crippen LogP contribution is 2.33. The number of carbonyl (C=O) groups is 2. The Kier molecular flexibility index (Phi) is 5.56. The molecule has 4 rings (SSSR count). The number of nitrogens with one attached hydrogen (secondary N) is 1. The van der Waals surface area contributed by atoms with Crippen LogP contribution >= 0.6 is 11.3 Å². The minimum atomic E-state index is -3.75. The third-order valence-corrected chi connectivity index (χ3v) is 8.14. The fraction of sp³-hybridized carbons (Fsp3) is 0.400. The van der Waals surface area contributed by atoms with Crippen LogP contribution in [0, 0.1) is 6.92 Å². The molecule has 3 heterocycles. The molecular weight excluding hydrogens is 426 g/mol. The molecule has 1 aromatic heterocycles. The van der Waals surface area contributed by atoms with Crippen molar-refractivity contribution >= 4 is 38.9 Å². The van der Waals surface area contributed by atoms with E-state index in [1.807, 2.05) is 19.9 Å². The van der Waals surface area contributed by atoms with E-state index in [-0.39, 0.29) is 29.8 Å². The first kappa shape index (κ1) is 20.8. The summed E-state index contributed by atoms with van der Waals surface area (Å²) >= 11 is 1.44. The second kappa shape index (κ2) is 8.01. The van der Waals surface area contributed by atoms with Gasteiger partial charge in [0.2, 0.25) is 10.0 Å². The van der Waals surface area contributed by atoms with Gasteiger partial charge >= 0.3 is 0 Å². The molecule has 0 aliphatic carbocycles. The number of sulfonamides is 1. The van der Waals surface area contributed by atoms with Crippen LogP contribution in [0.5, 0.6) is 5.75 Å². The number of fused-ring (bicyclic) bond motifs is 1. The first-order valence-electron chi connectivity index (χ1n) is 9.77. The van der Waals surface area contributed by atoms with Gasteiger partial charge in [0.25, 0.3) is 11.8 Å². The standard InChI is InChI=1S/C20H23N3O5S2/c1-3-16-19(24)21-15-12-14(5-6-17(15)28-16)30(26,27)23-10-8-22(9-11-23)20(25)18-7-4-13(2)29-18/h4-7,12,16H,3,8-11H2,1-2H3,(H,21,24)/t16-/m0/s1. The number of thiophene rings is 1. The molecule has 10 heteroatoms. The van der Waals surface area contributed by atoms with E-state index in [0.29, 0.717) is 35.8 Å². The van der Waals surface area contributed by atoms with Crippen LogP contribution in [0.2, 0.25) is 0 Å². The lowest BCUT2D eigenvalue weighted by atomic mass is 10.2. The molecule has 1 saturated heterocycles. The normalized spacial score (nSPS) is 19.7. The number of hydrogen-bond donors (Lipinski definition) is 1. The first-order valence-corrected chi connectivity index (χ1v) is 12.0. The molecule has 2 aromatic rings. The second-order valence-electron chi connectivity index (χ2n) is 7.27. The fourth-order valence-corrected chi connectivity index (χ4v) is 5.83. The van der Waals surface area contributed by atoms with Gasteiger partial charge in [0.05, 0.1) is 15.5 Å². The maximum atomic E-state index is 13.1. The Balaban J connectivity index is 1.47. The zero-order chi connectivity index (χ0) is 21.5. The number of carbonyl (C=O) groups excluding carboxylic acids is 2. The van der Waals surface area contributed by atoms with Crippen LogP contribution in [0.3, 0.4) is 0 Å². The molecule has 30 heavy (non-hydrogen) atoms. The molecule has 1 fully saturated rings. The van der Waals surface area contributed by atoms with Gasteiger partial charge in [-0.25, -0.2) is 8.42 Å². The quantitative estimate of drug-likeness (QED) is 0.773. The third kappa shape index (κ3) is 3.82. The molecule has 2 amide bonds. The lowest BCUT2D eigenvalue weighted by molar-refractivity contribution is -0.123. The van der Waals surface area contributed by atoms with Gasteiger partial charge in [0.15, 0.2) is 6.10 Å². The molecule has 0 radical (unpaired) electrons. The number of amides is 2. The largest absolute Gasteiger partial charge is 0.478 e. The summed E-state index contributed by atoms with van der Waals surface area (Å²) in [7, 11) is -3.75. The number of aryl methyl sites for hydroxylation is 1. The van der Waals surface area contributed by atoms with Gasteiger partial charge in [-0.15, -0.1) is 11.3 Å². The summed E-state index contributed by atoms with van der Waals surface area (Å²) in [5.41, 5.74) is 0.354. The van der Waals surface area contributed by atoms with Gasteiger partial charge in [-0.2, -0.15) is 4.31 Å². The molecule has 2 aliphatic heterocycles. The van der Waals surface area contributed by atoms with Crippen LogP contribution in [-0.4, -0.2) is 61.7 Å². The molecule has 1 aromatic carbocycles. The van der Waals surface area contributed by atoms with Crippen LogP contribution in [0.15, 0.2) is 35.2 Å². The van der Waals surface area contributed by atoms with Crippen molar-refractivity contribution in [1.82, 2.24) is 9.21 Å². The number of anilines is 1. The topological polar surface area (TPSA) is 96.0 Å². The Bertz CT molecular complexity index is 1090. The number of ether oxygens (including phenoxy) is 1. The number of nitrogens with zero attached hydrogens (tertiary/aromatic N) is 2. The Morgan fingerprint density at radius 1 is 1.20 bits per heavy atom. The number of piperazine rings is 1. The Morgan fingerprint density at radius 2 is 1.93 bits per heavy atom. The van der Waals surface area contributed by atoms with Crippen molar-refractivity contribution in [2.24, 2.45) is 0 Å². The number of hydrogen-bond acceptors (Lipinski definition) is 6. The Labute approximate surface area is 179 Å². The highest BCUT2D eigenvalue weighted by atomic mass is 32.2. The highest BCUT2D eigenvalue weighted by Gasteiger charge is 2.33. The summed E-state index contributed by atoms with van der Waals surface area (Å²) < 4.78 is 33.2. The lowest BCUT2D eigenvalue weighted by Gasteiger charge is -2.34. The van der Waals surface area contributed by atoms with Crippen LogP contribution in [0.4, 0.5) is 5.69 Å². The van der Waals surface area contributed by atoms with Crippen molar-refractivity contribution in [3.05, 3.63) is 40.1 Å². The van der Waals surface area contributed by atoms with E-state index in [2.05, 4.69) is 5.32 Å². The summed E-state index contributed by atoms with van der Waals surface area (Å²) in [5, 5.41) is 2.72. The van der Waals surface area contributed by atoms with Crippen LogP contribution in [0.1, 0.15) is 27.9 Å². The van der Waals surface area contributed by atoms with Gasteiger partial charge in [-0.05, 0) is 43.7 Å². The van der Waals surface area contributed by atoms with E-state index in [4.69, 9.17) is 4.74 Å². The molecule has 1 atom stereocenters. The molecule has 0 spiro atoms. The van der Waals surface area contributed by atoms with E-state index in [1.165, 1.54) is 27.8 Å². The van der Waals surface area contributed by atoms with E-state index in [1.54, 1.807) is 17.0 Å². The predicted molar refractivity (Wildman–Crippen MR) is 113 cm³/mol. The highest BCUT2D eigenvalue weighted by molar-refractivity contribution is 7.89. The summed E-state index contributed by atoms with van der Waals surface area (Å²) in [6.07, 6.45) is -0.0444. The minimum Gasteiger partial charge on any atom is -0.478 e. The molecule has 1 N–H and O–H groups in total. The van der Waals surface area contributed by atoms with E-state index in [0.717, 1.165) is 4.88 Å². The summed E-state index contributed by atoms with van der Waals surface area (Å²) in [4.78, 5) is 28.1. The Morgan fingerprint density at radius 3 is 2.57 bits per heavy atom. The third-order valence-electron chi connectivity index (χ3n) is 5.26. The first-order chi connectivity index (χ1) is 14.3. The zero-order valence-corrected chi connectivity index (χ0v) is 18.4. The molecule has 160 valence electrons. The maximum absolute atomic E-state index is 13.1. The van der Waals surface area contributed by atoms with E-state index < -0.39 is 16.1 Å². The van der Waals surface area contributed by atoms with Crippen molar-refractivity contribution in [2.75, 3.05) is 31.5 Å². The molecule has 0 unspecified atom stereocenters. The molecule has 0 saturated carbocycles. The van der Waals surface area contributed by atoms with Gasteiger partial charge in [-0.3, -0.25) is 9.59 Å². The van der Waals surface area contributed by atoms with Crippen molar-refractivity contribution in [3.63, 3.8) is 0 Å². The molecule has 0 bridgehead atoms. The summed E-state index contributed by atoms with van der Waals surface area (Å²) in [6, 6.07) is 8.20. The Hall–Kier alpha value is -2.43. The second-order valence-corrected chi connectivity index (χ2v) is 10.5. The zero-order valence-electron chi connectivity index (χ0n) is 16.8. The van der Waals surface area contributed by atoms with Crippen molar-refractivity contribution < 1.29 is 22.7 Å². The summed E-state index contributed by atoms with van der Waals surface area (Å²) in [5.74, 6) is 0.113. The van der Waals surface area contributed by atoms with Crippen molar-refractivity contribution in [2.45, 2.75) is 31.3 Å². The number of rotatable bonds is 4. The average Bonchev–Trinajstić information content (AvgIpc) is 3.18. The van der Waals surface area contributed by atoms with Crippen LogP contribution < -0.4 is 10.1 Å². The van der Waals surface area contributed by atoms with Crippen molar-refractivity contribution in [3.8, 4) is 5.75 Å². The monoisotopic (exact) mass is 449 g/mol. The lowest BCUT2D eigenvalue weighted by Crippen LogP contribution is -2.50. The molecular formula is C20H23N3O5S2. The number of benzene rings is 1. The van der Waals surface area contributed by atoms with Gasteiger partial charge in [0, 0.05) is 31.1 Å². The van der Waals surface area contributed by atoms with Crippen LogP contribution in [0.25, 0.3) is 0 Å². The van der Waals surface area contributed by atoms with E-state index in [9.17, 15) is 18.0 Å². The van der Waals surface area contributed by atoms with Gasteiger partial charge in [-0.1, -0.05) is 6.92 Å².